The van der Waals surface area contributed by atoms with Crippen LogP contribution in [-0.4, -0.2) is 6.54 Å². The highest BCUT2D eigenvalue weighted by Crippen LogP contribution is 2.33. The van der Waals surface area contributed by atoms with Gasteiger partial charge in [0.25, 0.3) is 0 Å². The number of benzene rings is 1. The second kappa shape index (κ2) is 7.10. The fourth-order valence-electron chi connectivity index (χ4n) is 2.34. The van der Waals surface area contributed by atoms with Crippen molar-refractivity contribution in [3.05, 3.63) is 34.6 Å². The van der Waals surface area contributed by atoms with E-state index in [0.717, 1.165) is 24.8 Å². The van der Waals surface area contributed by atoms with Crippen molar-refractivity contribution in [1.29, 1.82) is 0 Å². The van der Waals surface area contributed by atoms with Crippen molar-refractivity contribution in [2.75, 3.05) is 6.54 Å². The summed E-state index contributed by atoms with van der Waals surface area (Å²) in [6, 6.07) is 4.98. The van der Waals surface area contributed by atoms with Crippen LogP contribution in [0.3, 0.4) is 0 Å². The van der Waals surface area contributed by atoms with E-state index in [9.17, 15) is 4.39 Å². The summed E-state index contributed by atoms with van der Waals surface area (Å²) in [6.45, 7) is 5.03. The van der Waals surface area contributed by atoms with Gasteiger partial charge >= 0.3 is 0 Å². The fourth-order valence-corrected chi connectivity index (χ4v) is 2.55. The molecule has 102 valence electrons. The van der Waals surface area contributed by atoms with Crippen LogP contribution in [0.1, 0.15) is 45.1 Å². The minimum absolute atomic E-state index is 0.122. The molecule has 18 heavy (non-hydrogen) atoms. The molecule has 1 rings (SSSR count). The Hall–Kier alpha value is -0.600. The minimum Gasteiger partial charge on any atom is -0.330 e. The van der Waals surface area contributed by atoms with E-state index >= 15 is 0 Å². The standard InChI is InChI=1S/C15H23ClFN/c1-3-5-8-15(4-2,11-18)10-12-6-7-14(17)13(16)9-12/h6-7,9H,3-5,8,10-11,18H2,1-2H3. The summed E-state index contributed by atoms with van der Waals surface area (Å²) in [5.41, 5.74) is 7.16. The average molecular weight is 272 g/mol. The molecular formula is C15H23ClFN. The maximum atomic E-state index is 13.1. The Morgan fingerprint density at radius 2 is 2.06 bits per heavy atom. The van der Waals surface area contributed by atoms with Gasteiger partial charge < -0.3 is 5.73 Å². The van der Waals surface area contributed by atoms with Gasteiger partial charge in [-0.05, 0) is 48.9 Å². The van der Waals surface area contributed by atoms with Crippen molar-refractivity contribution in [1.82, 2.24) is 0 Å². The lowest BCUT2D eigenvalue weighted by Gasteiger charge is -2.31. The highest BCUT2D eigenvalue weighted by Gasteiger charge is 2.26. The highest BCUT2D eigenvalue weighted by atomic mass is 35.5. The molecule has 0 heterocycles. The number of hydrogen-bond acceptors (Lipinski definition) is 1. The first-order chi connectivity index (χ1) is 8.56. The molecule has 0 bridgehead atoms. The van der Waals surface area contributed by atoms with E-state index in [0.29, 0.717) is 6.54 Å². The average Bonchev–Trinajstić information content (AvgIpc) is 2.39. The van der Waals surface area contributed by atoms with Gasteiger partial charge in [-0.3, -0.25) is 0 Å². The van der Waals surface area contributed by atoms with E-state index in [1.54, 1.807) is 6.07 Å². The van der Waals surface area contributed by atoms with Crippen LogP contribution in [0.5, 0.6) is 0 Å². The third-order valence-corrected chi connectivity index (χ3v) is 4.10. The minimum atomic E-state index is -0.358. The molecule has 0 aliphatic heterocycles. The molecule has 0 aliphatic rings. The molecule has 0 radical (unpaired) electrons. The van der Waals surface area contributed by atoms with Crippen LogP contribution in [0.2, 0.25) is 5.02 Å². The van der Waals surface area contributed by atoms with Crippen LogP contribution >= 0.6 is 11.6 Å². The molecule has 0 spiro atoms. The molecule has 1 unspecified atom stereocenters. The maximum absolute atomic E-state index is 13.1. The lowest BCUT2D eigenvalue weighted by Crippen LogP contribution is -2.32. The van der Waals surface area contributed by atoms with Gasteiger partial charge in [0.15, 0.2) is 0 Å². The van der Waals surface area contributed by atoms with Crippen LogP contribution < -0.4 is 5.73 Å². The molecule has 1 nitrogen and oxygen atoms in total. The topological polar surface area (TPSA) is 26.0 Å². The molecule has 0 saturated carbocycles. The first kappa shape index (κ1) is 15.5. The normalized spacial score (nSPS) is 14.5. The van der Waals surface area contributed by atoms with E-state index in [-0.39, 0.29) is 16.3 Å². The van der Waals surface area contributed by atoms with E-state index in [1.165, 1.54) is 18.9 Å². The fraction of sp³-hybridized carbons (Fsp3) is 0.600. The Balaban J connectivity index is 2.84. The Morgan fingerprint density at radius 3 is 2.56 bits per heavy atom. The van der Waals surface area contributed by atoms with Gasteiger partial charge in [0.2, 0.25) is 0 Å². The first-order valence-electron chi connectivity index (χ1n) is 6.71. The SMILES string of the molecule is CCCCC(CC)(CN)Cc1ccc(F)c(Cl)c1. The first-order valence-corrected chi connectivity index (χ1v) is 7.08. The van der Waals surface area contributed by atoms with Crippen molar-refractivity contribution in [3.63, 3.8) is 0 Å². The zero-order chi connectivity index (χ0) is 13.6. The summed E-state index contributed by atoms with van der Waals surface area (Å²) >= 11 is 5.83. The largest absolute Gasteiger partial charge is 0.330 e. The summed E-state index contributed by atoms with van der Waals surface area (Å²) in [5, 5.41) is 0.199. The van der Waals surface area contributed by atoms with Crippen molar-refractivity contribution in [3.8, 4) is 0 Å². The molecule has 2 N–H and O–H groups in total. The van der Waals surface area contributed by atoms with E-state index < -0.39 is 0 Å². The van der Waals surface area contributed by atoms with Crippen LogP contribution in [0.4, 0.5) is 4.39 Å². The van der Waals surface area contributed by atoms with Gasteiger partial charge in [0.1, 0.15) is 5.82 Å². The van der Waals surface area contributed by atoms with Crippen LogP contribution in [0, 0.1) is 11.2 Å². The summed E-state index contributed by atoms with van der Waals surface area (Å²) in [6.07, 6.45) is 5.38. The van der Waals surface area contributed by atoms with Gasteiger partial charge in [-0.15, -0.1) is 0 Å². The quantitative estimate of drug-likeness (QED) is 0.773. The molecule has 0 fully saturated rings. The molecule has 1 atom stereocenters. The second-order valence-corrected chi connectivity index (χ2v) is 5.49. The summed E-state index contributed by atoms with van der Waals surface area (Å²) in [5.74, 6) is -0.358. The van der Waals surface area contributed by atoms with Gasteiger partial charge in [-0.1, -0.05) is 44.4 Å². The number of halogens is 2. The molecule has 0 saturated heterocycles. The Labute approximate surface area is 115 Å². The highest BCUT2D eigenvalue weighted by molar-refractivity contribution is 6.30. The van der Waals surface area contributed by atoms with Crippen LogP contribution in [-0.2, 0) is 6.42 Å². The molecule has 1 aromatic rings. The number of nitrogens with two attached hydrogens (primary N) is 1. The van der Waals surface area contributed by atoms with E-state index in [2.05, 4.69) is 13.8 Å². The lowest BCUT2D eigenvalue weighted by atomic mass is 9.75. The van der Waals surface area contributed by atoms with E-state index in [4.69, 9.17) is 17.3 Å². The molecule has 0 aliphatic carbocycles. The third-order valence-electron chi connectivity index (χ3n) is 3.81. The smallest absolute Gasteiger partial charge is 0.141 e. The second-order valence-electron chi connectivity index (χ2n) is 5.09. The predicted molar refractivity (Wildman–Crippen MR) is 76.4 cm³/mol. The van der Waals surface area contributed by atoms with Crippen molar-refractivity contribution in [2.45, 2.75) is 46.0 Å². The monoisotopic (exact) mass is 271 g/mol. The summed E-state index contributed by atoms with van der Waals surface area (Å²) < 4.78 is 13.1. The molecule has 3 heteroatoms. The predicted octanol–water partition coefficient (Wildman–Crippen LogP) is 4.57. The Kier molecular flexibility index (Phi) is 6.10. The number of hydrogen-bond donors (Lipinski definition) is 1. The van der Waals surface area contributed by atoms with Crippen molar-refractivity contribution in [2.24, 2.45) is 11.1 Å². The van der Waals surface area contributed by atoms with Gasteiger partial charge in [-0.25, -0.2) is 4.39 Å². The summed E-state index contributed by atoms with van der Waals surface area (Å²) in [4.78, 5) is 0. The zero-order valence-electron chi connectivity index (χ0n) is 11.3. The van der Waals surface area contributed by atoms with Crippen LogP contribution in [0.15, 0.2) is 18.2 Å². The van der Waals surface area contributed by atoms with Crippen molar-refractivity contribution >= 4 is 11.6 Å². The molecule has 0 aromatic heterocycles. The Morgan fingerprint density at radius 1 is 1.33 bits per heavy atom. The number of unbranched alkanes of at least 4 members (excludes halogenated alkanes) is 1. The van der Waals surface area contributed by atoms with Gasteiger partial charge in [0.05, 0.1) is 5.02 Å². The molecule has 0 amide bonds. The van der Waals surface area contributed by atoms with Crippen molar-refractivity contribution < 1.29 is 4.39 Å². The van der Waals surface area contributed by atoms with E-state index in [1.807, 2.05) is 6.07 Å². The van der Waals surface area contributed by atoms with Gasteiger partial charge in [0, 0.05) is 0 Å². The van der Waals surface area contributed by atoms with Crippen LogP contribution in [0.25, 0.3) is 0 Å². The maximum Gasteiger partial charge on any atom is 0.141 e. The Bertz CT molecular complexity index is 375. The molecular weight excluding hydrogens is 249 g/mol. The zero-order valence-corrected chi connectivity index (χ0v) is 12.1. The van der Waals surface area contributed by atoms with Gasteiger partial charge in [-0.2, -0.15) is 0 Å². The number of rotatable bonds is 7. The molecule has 1 aromatic carbocycles. The lowest BCUT2D eigenvalue weighted by molar-refractivity contribution is 0.251. The third kappa shape index (κ3) is 3.96. The summed E-state index contributed by atoms with van der Waals surface area (Å²) in [7, 11) is 0.